The fourth-order valence-electron chi connectivity index (χ4n) is 3.34. The summed E-state index contributed by atoms with van der Waals surface area (Å²) in [5.41, 5.74) is 11.6. The van der Waals surface area contributed by atoms with E-state index in [4.69, 9.17) is 10.7 Å². The highest BCUT2D eigenvalue weighted by Crippen LogP contribution is 2.24. The van der Waals surface area contributed by atoms with Crippen LogP contribution < -0.4 is 5.73 Å². The van der Waals surface area contributed by atoms with Gasteiger partial charge in [-0.15, -0.1) is 0 Å². The first-order valence-electron chi connectivity index (χ1n) is 10.4. The third kappa shape index (κ3) is 4.99. The number of amidine groups is 2. The number of rotatable bonds is 6. The topological polar surface area (TPSA) is 99.7 Å². The molecule has 0 bridgehead atoms. The summed E-state index contributed by atoms with van der Waals surface area (Å²) in [7, 11) is 0. The summed E-state index contributed by atoms with van der Waals surface area (Å²) < 4.78 is 0. The average Bonchev–Trinajstić information content (AvgIpc) is 3.33. The summed E-state index contributed by atoms with van der Waals surface area (Å²) in [4.78, 5) is 16.9. The number of nitrogens with two attached hydrogens (primary N) is 1. The van der Waals surface area contributed by atoms with Gasteiger partial charge in [-0.05, 0) is 35.7 Å². The van der Waals surface area contributed by atoms with Crippen LogP contribution in [0.3, 0.4) is 0 Å². The maximum Gasteiger partial charge on any atom is 0.174 e. The van der Waals surface area contributed by atoms with E-state index in [9.17, 15) is 5.11 Å². The molecule has 0 saturated carbocycles. The molecule has 4 N–H and O–H groups in total. The van der Waals surface area contributed by atoms with Gasteiger partial charge in [0.2, 0.25) is 0 Å². The predicted octanol–water partition coefficient (Wildman–Crippen LogP) is 4.48. The standard InChI is InChI=1S/C26H25N5O/c1-18(32)21-14-22(17-28-16-21)25(27)31-26(30-15-19-8-4-2-5-9-19)24-23(12-13-29-24)20-10-6-3-7-11-20/h2-14,16-18,29,32H,15H2,1H3,(H2,27,30,31). The zero-order chi connectivity index (χ0) is 22.3. The molecule has 0 aliphatic heterocycles. The Kier molecular flexibility index (Phi) is 6.53. The summed E-state index contributed by atoms with van der Waals surface area (Å²) in [6.07, 6.45) is 4.47. The number of aliphatic hydroxyl groups is 1. The van der Waals surface area contributed by atoms with Crippen molar-refractivity contribution in [2.75, 3.05) is 0 Å². The molecule has 1 unspecified atom stereocenters. The quantitative estimate of drug-likeness (QED) is 0.315. The monoisotopic (exact) mass is 423 g/mol. The molecule has 0 fully saturated rings. The molecule has 0 amide bonds. The number of pyridine rings is 1. The highest BCUT2D eigenvalue weighted by atomic mass is 16.3. The van der Waals surface area contributed by atoms with Crippen LogP contribution in [0.25, 0.3) is 11.1 Å². The van der Waals surface area contributed by atoms with E-state index in [2.05, 4.69) is 15.0 Å². The minimum Gasteiger partial charge on any atom is -0.389 e. The second-order valence-electron chi connectivity index (χ2n) is 7.44. The van der Waals surface area contributed by atoms with Crippen LogP contribution in [0.15, 0.2) is 101 Å². The number of nitrogens with one attached hydrogen (secondary N) is 1. The van der Waals surface area contributed by atoms with Gasteiger partial charge in [0.15, 0.2) is 5.84 Å². The maximum atomic E-state index is 9.89. The smallest absolute Gasteiger partial charge is 0.174 e. The van der Waals surface area contributed by atoms with Crippen LogP contribution >= 0.6 is 0 Å². The largest absolute Gasteiger partial charge is 0.389 e. The molecule has 32 heavy (non-hydrogen) atoms. The van der Waals surface area contributed by atoms with Gasteiger partial charge < -0.3 is 15.8 Å². The normalized spacial score (nSPS) is 13.2. The lowest BCUT2D eigenvalue weighted by Crippen LogP contribution is -2.17. The summed E-state index contributed by atoms with van der Waals surface area (Å²) in [5, 5.41) is 9.89. The lowest BCUT2D eigenvalue weighted by molar-refractivity contribution is 0.199. The van der Waals surface area contributed by atoms with Crippen LogP contribution in [0, 0.1) is 0 Å². The van der Waals surface area contributed by atoms with Gasteiger partial charge in [-0.2, -0.15) is 0 Å². The van der Waals surface area contributed by atoms with Crippen LogP contribution in [0.1, 0.15) is 35.4 Å². The molecule has 0 spiro atoms. The zero-order valence-corrected chi connectivity index (χ0v) is 17.8. The second-order valence-corrected chi connectivity index (χ2v) is 7.44. The SMILES string of the molecule is CC(O)c1cncc(C(N)=NC(=NCc2ccccc2)c2[nH]ccc2-c2ccccc2)c1. The summed E-state index contributed by atoms with van der Waals surface area (Å²) in [5.74, 6) is 0.776. The van der Waals surface area contributed by atoms with Crippen LogP contribution in [-0.4, -0.2) is 26.7 Å². The number of nitrogens with zero attached hydrogens (tertiary/aromatic N) is 3. The number of hydrogen-bond donors (Lipinski definition) is 3. The number of H-pyrrole nitrogens is 1. The summed E-state index contributed by atoms with van der Waals surface area (Å²) >= 11 is 0. The van der Waals surface area contributed by atoms with E-state index in [1.807, 2.05) is 72.9 Å². The summed E-state index contributed by atoms with van der Waals surface area (Å²) in [6.45, 7) is 2.15. The van der Waals surface area contributed by atoms with Crippen LogP contribution in [0.2, 0.25) is 0 Å². The Bertz CT molecular complexity index is 1230. The molecular weight excluding hydrogens is 398 g/mol. The van der Waals surface area contributed by atoms with E-state index < -0.39 is 6.10 Å². The number of aliphatic imine (C=N–C) groups is 2. The molecule has 6 nitrogen and oxygen atoms in total. The lowest BCUT2D eigenvalue weighted by Gasteiger charge is -2.09. The molecule has 2 heterocycles. The number of hydrogen-bond acceptors (Lipinski definition) is 3. The minimum atomic E-state index is -0.644. The third-order valence-corrected chi connectivity index (χ3v) is 5.07. The van der Waals surface area contributed by atoms with Crippen molar-refractivity contribution in [3.8, 4) is 11.1 Å². The number of benzene rings is 2. The number of aliphatic hydroxyl groups excluding tert-OH is 1. The lowest BCUT2D eigenvalue weighted by atomic mass is 10.1. The Morgan fingerprint density at radius 1 is 1.03 bits per heavy atom. The van der Waals surface area contributed by atoms with E-state index in [0.717, 1.165) is 22.4 Å². The maximum absolute atomic E-state index is 9.89. The first-order chi connectivity index (χ1) is 15.6. The third-order valence-electron chi connectivity index (χ3n) is 5.07. The Morgan fingerprint density at radius 2 is 1.75 bits per heavy atom. The van der Waals surface area contributed by atoms with Gasteiger partial charge in [-0.1, -0.05) is 60.7 Å². The Morgan fingerprint density at radius 3 is 2.47 bits per heavy atom. The Labute approximate surface area is 187 Å². The average molecular weight is 424 g/mol. The van der Waals surface area contributed by atoms with Crippen molar-refractivity contribution in [1.29, 1.82) is 0 Å². The molecule has 2 aromatic heterocycles. The van der Waals surface area contributed by atoms with E-state index in [-0.39, 0.29) is 5.84 Å². The van der Waals surface area contributed by atoms with Crippen molar-refractivity contribution >= 4 is 11.7 Å². The van der Waals surface area contributed by atoms with Gasteiger partial charge >= 0.3 is 0 Å². The number of aromatic nitrogens is 2. The fourth-order valence-corrected chi connectivity index (χ4v) is 3.34. The summed E-state index contributed by atoms with van der Waals surface area (Å²) in [6, 6.07) is 23.9. The molecule has 0 aliphatic carbocycles. The molecule has 2 aromatic carbocycles. The van der Waals surface area contributed by atoms with E-state index in [0.29, 0.717) is 23.5 Å². The van der Waals surface area contributed by atoms with Crippen molar-refractivity contribution in [1.82, 2.24) is 9.97 Å². The van der Waals surface area contributed by atoms with Crippen molar-refractivity contribution < 1.29 is 5.11 Å². The molecule has 4 aromatic rings. The van der Waals surface area contributed by atoms with Gasteiger partial charge in [0.25, 0.3) is 0 Å². The number of aromatic amines is 1. The highest BCUT2D eigenvalue weighted by molar-refractivity contribution is 6.12. The predicted molar refractivity (Wildman–Crippen MR) is 129 cm³/mol. The van der Waals surface area contributed by atoms with Crippen molar-refractivity contribution in [3.63, 3.8) is 0 Å². The van der Waals surface area contributed by atoms with Crippen LogP contribution in [0.4, 0.5) is 0 Å². The van der Waals surface area contributed by atoms with Crippen molar-refractivity contribution in [2.24, 2.45) is 15.7 Å². The molecular formula is C26H25N5O. The minimum absolute atomic E-state index is 0.278. The molecule has 6 heteroatoms. The van der Waals surface area contributed by atoms with Crippen LogP contribution in [0.5, 0.6) is 0 Å². The van der Waals surface area contributed by atoms with Gasteiger partial charge in [-0.3, -0.25) is 9.98 Å². The highest BCUT2D eigenvalue weighted by Gasteiger charge is 2.14. The van der Waals surface area contributed by atoms with Gasteiger partial charge in [0.1, 0.15) is 5.84 Å². The molecule has 160 valence electrons. The Balaban J connectivity index is 1.76. The molecule has 4 rings (SSSR count). The van der Waals surface area contributed by atoms with E-state index >= 15 is 0 Å². The molecule has 0 radical (unpaired) electrons. The first-order valence-corrected chi connectivity index (χ1v) is 10.4. The van der Waals surface area contributed by atoms with Gasteiger partial charge in [-0.25, -0.2) is 4.99 Å². The zero-order valence-electron chi connectivity index (χ0n) is 17.8. The van der Waals surface area contributed by atoms with Crippen molar-refractivity contribution in [2.45, 2.75) is 19.6 Å². The molecule has 0 aliphatic rings. The Hall–Kier alpha value is -4.03. The van der Waals surface area contributed by atoms with Crippen molar-refractivity contribution in [3.05, 3.63) is 114 Å². The molecule has 0 saturated heterocycles. The first kappa shape index (κ1) is 21.2. The van der Waals surface area contributed by atoms with Gasteiger partial charge in [0.05, 0.1) is 18.3 Å². The van der Waals surface area contributed by atoms with Gasteiger partial charge in [0, 0.05) is 29.7 Å². The second kappa shape index (κ2) is 9.85. The fraction of sp³-hybridized carbons (Fsp3) is 0.115. The van der Waals surface area contributed by atoms with E-state index in [1.54, 1.807) is 25.4 Å². The van der Waals surface area contributed by atoms with E-state index in [1.165, 1.54) is 0 Å². The molecule has 1 atom stereocenters. The van der Waals surface area contributed by atoms with Crippen LogP contribution in [-0.2, 0) is 6.54 Å².